The van der Waals surface area contributed by atoms with Gasteiger partial charge in [0, 0.05) is 28.3 Å². The van der Waals surface area contributed by atoms with Gasteiger partial charge in [0.05, 0.1) is 25.2 Å². The van der Waals surface area contributed by atoms with Crippen molar-refractivity contribution >= 4 is 21.9 Å². The number of carbonyl (C=O) groups is 1. The van der Waals surface area contributed by atoms with Crippen molar-refractivity contribution in [2.45, 2.75) is 38.5 Å². The standard InChI is InChI=1S/C19H20BrN3O2/c1-11-18(21-2)16(13-8-9-22-10-14(13)20)17(19(24)25-3)15(23-11)7-6-12-4-5-12/h8-10,12,16,23H,4-7H2,1,3H3. The monoisotopic (exact) mass is 401 g/mol. The van der Waals surface area contributed by atoms with Gasteiger partial charge >= 0.3 is 5.97 Å². The average Bonchev–Trinajstić information content (AvgIpc) is 3.43. The molecule has 130 valence electrons. The largest absolute Gasteiger partial charge is 0.466 e. The first-order valence-electron chi connectivity index (χ1n) is 8.32. The second-order valence-corrected chi connectivity index (χ2v) is 7.30. The van der Waals surface area contributed by atoms with Gasteiger partial charge in [-0.3, -0.25) is 4.98 Å². The summed E-state index contributed by atoms with van der Waals surface area (Å²) in [4.78, 5) is 20.4. The summed E-state index contributed by atoms with van der Waals surface area (Å²) < 4.78 is 5.85. The van der Waals surface area contributed by atoms with Crippen LogP contribution in [0.3, 0.4) is 0 Å². The van der Waals surface area contributed by atoms with E-state index in [1.807, 2.05) is 13.0 Å². The predicted octanol–water partition coefficient (Wildman–Crippen LogP) is 4.30. The molecule has 1 atom stereocenters. The van der Waals surface area contributed by atoms with Crippen molar-refractivity contribution in [2.75, 3.05) is 7.11 Å². The van der Waals surface area contributed by atoms with Gasteiger partial charge in [-0.1, -0.05) is 12.8 Å². The molecule has 1 aromatic heterocycles. The van der Waals surface area contributed by atoms with Crippen LogP contribution in [-0.4, -0.2) is 18.1 Å². The quantitative estimate of drug-likeness (QED) is 0.590. The SMILES string of the molecule is [C-]#[N+]C1=C(C)NC(CCC2CC2)=C(C(=O)OC)C1c1ccncc1Br. The maximum atomic E-state index is 12.6. The van der Waals surface area contributed by atoms with Crippen molar-refractivity contribution in [1.82, 2.24) is 10.3 Å². The van der Waals surface area contributed by atoms with Crippen LogP contribution in [0.4, 0.5) is 0 Å². The second-order valence-electron chi connectivity index (χ2n) is 6.44. The maximum absolute atomic E-state index is 12.6. The molecule has 0 amide bonds. The Morgan fingerprint density at radius 2 is 2.28 bits per heavy atom. The summed E-state index contributed by atoms with van der Waals surface area (Å²) in [6.45, 7) is 9.52. The summed E-state index contributed by atoms with van der Waals surface area (Å²) in [5, 5.41) is 3.30. The number of dihydropyridines is 1. The number of carbonyl (C=O) groups excluding carboxylic acids is 1. The van der Waals surface area contributed by atoms with E-state index in [4.69, 9.17) is 11.3 Å². The van der Waals surface area contributed by atoms with Crippen LogP contribution in [-0.2, 0) is 9.53 Å². The average molecular weight is 402 g/mol. The van der Waals surface area contributed by atoms with Crippen LogP contribution in [0.1, 0.15) is 44.1 Å². The molecule has 25 heavy (non-hydrogen) atoms. The summed E-state index contributed by atoms with van der Waals surface area (Å²) >= 11 is 3.52. The number of halogens is 1. The Bertz CT molecular complexity index is 803. The fourth-order valence-electron chi connectivity index (χ4n) is 3.26. The molecule has 3 rings (SSSR count). The molecular weight excluding hydrogens is 382 g/mol. The number of hydrogen-bond acceptors (Lipinski definition) is 4. The number of pyridine rings is 1. The molecule has 1 N–H and O–H groups in total. The van der Waals surface area contributed by atoms with E-state index in [0.717, 1.165) is 40.2 Å². The van der Waals surface area contributed by atoms with Crippen LogP contribution >= 0.6 is 15.9 Å². The number of esters is 1. The molecule has 0 spiro atoms. The van der Waals surface area contributed by atoms with Crippen LogP contribution in [0.15, 0.2) is 45.6 Å². The highest BCUT2D eigenvalue weighted by Gasteiger charge is 2.37. The first kappa shape index (κ1) is 17.7. The highest BCUT2D eigenvalue weighted by molar-refractivity contribution is 9.10. The Labute approximate surface area is 156 Å². The number of hydrogen-bond donors (Lipinski definition) is 1. The maximum Gasteiger partial charge on any atom is 0.335 e. The van der Waals surface area contributed by atoms with Crippen molar-refractivity contribution in [3.63, 3.8) is 0 Å². The van der Waals surface area contributed by atoms with Crippen molar-refractivity contribution in [2.24, 2.45) is 5.92 Å². The summed E-state index contributed by atoms with van der Waals surface area (Å²) in [5.74, 6) is -0.0794. The second kappa shape index (κ2) is 7.40. The molecule has 2 heterocycles. The molecule has 1 unspecified atom stereocenters. The number of allylic oxidation sites excluding steroid dienone is 3. The Hall–Kier alpha value is -2.13. The minimum Gasteiger partial charge on any atom is -0.466 e. The van der Waals surface area contributed by atoms with Gasteiger partial charge in [-0.25, -0.2) is 9.64 Å². The topological polar surface area (TPSA) is 55.6 Å². The van der Waals surface area contributed by atoms with Gasteiger partial charge in [0.2, 0.25) is 0 Å². The van der Waals surface area contributed by atoms with Crippen molar-refractivity contribution < 1.29 is 9.53 Å². The molecule has 0 bridgehead atoms. The first-order valence-corrected chi connectivity index (χ1v) is 9.12. The molecule has 0 aromatic carbocycles. The number of nitrogens with zero attached hydrogens (tertiary/aromatic N) is 2. The third-order valence-electron chi connectivity index (χ3n) is 4.75. The molecule has 1 aromatic rings. The summed E-state index contributed by atoms with van der Waals surface area (Å²) in [6, 6.07) is 1.85. The van der Waals surface area contributed by atoms with Gasteiger partial charge in [-0.05, 0) is 53.2 Å². The minimum atomic E-state index is -0.447. The fraction of sp³-hybridized carbons (Fsp3) is 0.421. The van der Waals surface area contributed by atoms with Gasteiger partial charge in [-0.2, -0.15) is 0 Å². The van der Waals surface area contributed by atoms with E-state index in [-0.39, 0.29) is 5.97 Å². The number of methoxy groups -OCH3 is 1. The van der Waals surface area contributed by atoms with Gasteiger partial charge in [0.1, 0.15) is 0 Å². The number of ether oxygens (including phenoxy) is 1. The lowest BCUT2D eigenvalue weighted by Crippen LogP contribution is -2.29. The lowest BCUT2D eigenvalue weighted by molar-refractivity contribution is -0.136. The van der Waals surface area contributed by atoms with E-state index in [9.17, 15) is 4.79 Å². The third-order valence-corrected chi connectivity index (χ3v) is 5.41. The molecular formula is C19H20BrN3O2. The molecule has 1 aliphatic heterocycles. The van der Waals surface area contributed by atoms with Crippen LogP contribution < -0.4 is 5.32 Å². The summed E-state index contributed by atoms with van der Waals surface area (Å²) in [5.41, 5.74) is 3.57. The molecule has 1 aliphatic carbocycles. The Morgan fingerprint density at radius 1 is 1.52 bits per heavy atom. The Kier molecular flexibility index (Phi) is 5.24. The lowest BCUT2D eigenvalue weighted by Gasteiger charge is -2.30. The van der Waals surface area contributed by atoms with E-state index in [1.165, 1.54) is 20.0 Å². The van der Waals surface area contributed by atoms with Gasteiger partial charge in [0.25, 0.3) is 0 Å². The highest BCUT2D eigenvalue weighted by atomic mass is 79.9. The molecule has 1 saturated carbocycles. The van der Waals surface area contributed by atoms with E-state index in [2.05, 4.69) is 31.1 Å². The predicted molar refractivity (Wildman–Crippen MR) is 98.1 cm³/mol. The molecule has 2 aliphatic rings. The summed E-state index contributed by atoms with van der Waals surface area (Å²) in [7, 11) is 1.38. The fourth-order valence-corrected chi connectivity index (χ4v) is 3.74. The Balaban J connectivity index is 2.11. The normalized spacial score (nSPS) is 20.2. The molecule has 0 radical (unpaired) electrons. The van der Waals surface area contributed by atoms with E-state index < -0.39 is 5.92 Å². The van der Waals surface area contributed by atoms with Crippen LogP contribution in [0.5, 0.6) is 0 Å². The lowest BCUT2D eigenvalue weighted by atomic mass is 9.83. The van der Waals surface area contributed by atoms with Crippen molar-refractivity contribution in [3.05, 3.63) is 62.6 Å². The van der Waals surface area contributed by atoms with Gasteiger partial charge in [0.15, 0.2) is 5.70 Å². The first-order chi connectivity index (χ1) is 12.1. The molecule has 0 saturated heterocycles. The van der Waals surface area contributed by atoms with Gasteiger partial charge < -0.3 is 10.1 Å². The smallest absolute Gasteiger partial charge is 0.335 e. The number of aromatic nitrogens is 1. The van der Waals surface area contributed by atoms with Crippen molar-refractivity contribution in [3.8, 4) is 0 Å². The zero-order valence-corrected chi connectivity index (χ0v) is 15.9. The van der Waals surface area contributed by atoms with Gasteiger partial charge in [-0.15, -0.1) is 0 Å². The molecule has 1 fully saturated rings. The zero-order chi connectivity index (χ0) is 18.0. The molecule has 5 nitrogen and oxygen atoms in total. The number of nitrogens with one attached hydrogen (secondary N) is 1. The third kappa shape index (κ3) is 3.62. The highest BCUT2D eigenvalue weighted by Crippen LogP contribution is 2.43. The van der Waals surface area contributed by atoms with E-state index in [1.54, 1.807) is 12.4 Å². The Morgan fingerprint density at radius 3 is 2.88 bits per heavy atom. The number of rotatable bonds is 5. The zero-order valence-electron chi connectivity index (χ0n) is 14.3. The van der Waals surface area contributed by atoms with E-state index >= 15 is 0 Å². The van der Waals surface area contributed by atoms with Crippen LogP contribution in [0, 0.1) is 12.5 Å². The minimum absolute atomic E-state index is 0.388. The van der Waals surface area contributed by atoms with E-state index in [0.29, 0.717) is 11.3 Å². The van der Waals surface area contributed by atoms with Crippen molar-refractivity contribution in [1.29, 1.82) is 0 Å². The van der Waals surface area contributed by atoms with Crippen LogP contribution in [0.2, 0.25) is 0 Å². The summed E-state index contributed by atoms with van der Waals surface area (Å²) in [6.07, 6.45) is 7.74. The van der Waals surface area contributed by atoms with Crippen LogP contribution in [0.25, 0.3) is 4.85 Å². The molecule has 6 heteroatoms.